The van der Waals surface area contributed by atoms with E-state index >= 15 is 0 Å². The molecule has 2 saturated heterocycles. The van der Waals surface area contributed by atoms with Crippen molar-refractivity contribution in [2.75, 3.05) is 33.2 Å². The molecule has 0 radical (unpaired) electrons. The number of amides is 2. The normalized spacial score (nSPS) is 25.0. The second kappa shape index (κ2) is 6.71. The van der Waals surface area contributed by atoms with E-state index in [4.69, 9.17) is 0 Å². The Labute approximate surface area is 137 Å². The van der Waals surface area contributed by atoms with Crippen LogP contribution >= 0.6 is 0 Å². The largest absolute Gasteiger partial charge is 0.345 e. The minimum Gasteiger partial charge on any atom is -0.345 e. The highest BCUT2D eigenvalue weighted by atomic mass is 16.2. The number of carbonyl (C=O) groups excluding carboxylic acids is 2. The lowest BCUT2D eigenvalue weighted by molar-refractivity contribution is -0.139. The van der Waals surface area contributed by atoms with Crippen LogP contribution in [0.3, 0.4) is 0 Å². The van der Waals surface area contributed by atoms with Crippen molar-refractivity contribution in [3.63, 3.8) is 0 Å². The average Bonchev–Trinajstić information content (AvgIpc) is 2.93. The van der Waals surface area contributed by atoms with Crippen LogP contribution in [0.5, 0.6) is 0 Å². The highest BCUT2D eigenvalue weighted by Crippen LogP contribution is 2.27. The smallest absolute Gasteiger partial charge is 0.228 e. The van der Waals surface area contributed by atoms with Crippen molar-refractivity contribution in [3.05, 3.63) is 35.4 Å². The van der Waals surface area contributed by atoms with Gasteiger partial charge in [0.2, 0.25) is 11.8 Å². The first-order chi connectivity index (χ1) is 11.1. The molecule has 1 N–H and O–H groups in total. The van der Waals surface area contributed by atoms with Gasteiger partial charge >= 0.3 is 0 Å². The van der Waals surface area contributed by atoms with E-state index < -0.39 is 0 Å². The molecule has 2 aliphatic heterocycles. The van der Waals surface area contributed by atoms with Crippen LogP contribution in [-0.4, -0.2) is 54.8 Å². The Balaban J connectivity index is 1.78. The third-order valence-corrected chi connectivity index (χ3v) is 4.99. The molecule has 0 saturated carbocycles. The van der Waals surface area contributed by atoms with Gasteiger partial charge in [-0.3, -0.25) is 9.59 Å². The molecule has 0 bridgehead atoms. The van der Waals surface area contributed by atoms with Gasteiger partial charge in [0.1, 0.15) is 0 Å². The van der Waals surface area contributed by atoms with E-state index in [1.807, 2.05) is 4.90 Å². The van der Waals surface area contributed by atoms with Crippen LogP contribution in [0.25, 0.3) is 0 Å². The van der Waals surface area contributed by atoms with E-state index in [1.54, 1.807) is 11.9 Å². The maximum Gasteiger partial charge on any atom is 0.228 e. The van der Waals surface area contributed by atoms with Crippen molar-refractivity contribution < 1.29 is 9.59 Å². The van der Waals surface area contributed by atoms with Crippen molar-refractivity contribution in [1.29, 1.82) is 0 Å². The summed E-state index contributed by atoms with van der Waals surface area (Å²) in [5.41, 5.74) is 2.47. The molecule has 0 aliphatic carbocycles. The highest BCUT2D eigenvalue weighted by molar-refractivity contribution is 5.89. The topological polar surface area (TPSA) is 52.7 Å². The molecule has 2 aliphatic rings. The second-order valence-electron chi connectivity index (χ2n) is 6.52. The Morgan fingerprint density at radius 3 is 2.65 bits per heavy atom. The van der Waals surface area contributed by atoms with Crippen molar-refractivity contribution in [3.8, 4) is 0 Å². The van der Waals surface area contributed by atoms with Crippen LogP contribution in [0.4, 0.5) is 0 Å². The summed E-state index contributed by atoms with van der Waals surface area (Å²) in [6.07, 6.45) is 1.36. The first kappa shape index (κ1) is 16.0. The summed E-state index contributed by atoms with van der Waals surface area (Å²) in [4.78, 5) is 28.3. The zero-order valence-electron chi connectivity index (χ0n) is 13.9. The molecular formula is C18H25N3O2. The van der Waals surface area contributed by atoms with Crippen LogP contribution < -0.4 is 5.32 Å². The zero-order valence-corrected chi connectivity index (χ0v) is 13.9. The summed E-state index contributed by atoms with van der Waals surface area (Å²) in [5.74, 6) is -0.000818. The van der Waals surface area contributed by atoms with E-state index in [1.165, 1.54) is 11.1 Å². The maximum atomic E-state index is 12.9. The molecule has 2 heterocycles. The first-order valence-corrected chi connectivity index (χ1v) is 8.44. The summed E-state index contributed by atoms with van der Waals surface area (Å²) in [7, 11) is 1.77. The molecule has 5 nitrogen and oxygen atoms in total. The number of piperazine rings is 1. The predicted octanol–water partition coefficient (Wildman–Crippen LogP) is 1.20. The van der Waals surface area contributed by atoms with Crippen molar-refractivity contribution in [1.82, 2.24) is 15.1 Å². The van der Waals surface area contributed by atoms with Gasteiger partial charge in [-0.05, 0) is 17.5 Å². The number of benzene rings is 1. The monoisotopic (exact) mass is 315 g/mol. The zero-order chi connectivity index (χ0) is 16.4. The van der Waals surface area contributed by atoms with Crippen LogP contribution in [-0.2, 0) is 16.0 Å². The average molecular weight is 315 g/mol. The lowest BCUT2D eigenvalue weighted by Crippen LogP contribution is -2.50. The Bertz CT molecular complexity index is 584. The molecule has 2 fully saturated rings. The van der Waals surface area contributed by atoms with Crippen LogP contribution in [0.1, 0.15) is 30.5 Å². The van der Waals surface area contributed by atoms with E-state index in [9.17, 15) is 9.59 Å². The van der Waals surface area contributed by atoms with Crippen LogP contribution in [0.15, 0.2) is 24.3 Å². The third kappa shape index (κ3) is 3.24. The Kier molecular flexibility index (Phi) is 4.66. The van der Waals surface area contributed by atoms with E-state index in [0.29, 0.717) is 19.5 Å². The van der Waals surface area contributed by atoms with Crippen molar-refractivity contribution in [2.45, 2.75) is 25.8 Å². The number of rotatable bonds is 3. The Morgan fingerprint density at radius 1 is 1.30 bits per heavy atom. The van der Waals surface area contributed by atoms with Gasteiger partial charge in [-0.25, -0.2) is 0 Å². The number of likely N-dealkylation sites (tertiary alicyclic amines) is 1. The summed E-state index contributed by atoms with van der Waals surface area (Å²) in [6.45, 7) is 4.97. The lowest BCUT2D eigenvalue weighted by atomic mass is 9.98. The van der Waals surface area contributed by atoms with E-state index in [0.717, 1.165) is 19.5 Å². The first-order valence-electron chi connectivity index (χ1n) is 8.44. The standard InChI is InChI=1S/C18H25N3O2/c1-3-13-4-6-14(7-5-13)16-11-19-8-9-21(16)18(23)15-10-17(22)20(2)12-15/h4-7,15-16,19H,3,8-12H2,1-2H3. The molecule has 3 rings (SSSR count). The molecular weight excluding hydrogens is 290 g/mol. The molecule has 1 aromatic rings. The molecule has 1 aromatic carbocycles. The van der Waals surface area contributed by atoms with Crippen molar-refractivity contribution in [2.24, 2.45) is 5.92 Å². The fraction of sp³-hybridized carbons (Fsp3) is 0.556. The molecule has 2 atom stereocenters. The number of hydrogen-bond donors (Lipinski definition) is 1. The number of nitrogens with one attached hydrogen (secondary N) is 1. The molecule has 5 heteroatoms. The molecule has 2 amide bonds. The predicted molar refractivity (Wildman–Crippen MR) is 88.9 cm³/mol. The Hall–Kier alpha value is -1.88. The summed E-state index contributed by atoms with van der Waals surface area (Å²) in [6, 6.07) is 8.59. The Morgan fingerprint density at radius 2 is 2.04 bits per heavy atom. The molecule has 124 valence electrons. The van der Waals surface area contributed by atoms with E-state index in [-0.39, 0.29) is 23.8 Å². The van der Waals surface area contributed by atoms with Crippen molar-refractivity contribution >= 4 is 11.8 Å². The van der Waals surface area contributed by atoms with Gasteiger partial charge in [-0.2, -0.15) is 0 Å². The fourth-order valence-electron chi connectivity index (χ4n) is 3.50. The number of carbonyl (C=O) groups is 2. The summed E-state index contributed by atoms with van der Waals surface area (Å²) in [5, 5.41) is 3.38. The molecule has 0 aromatic heterocycles. The number of hydrogen-bond acceptors (Lipinski definition) is 3. The lowest BCUT2D eigenvalue weighted by Gasteiger charge is -2.38. The second-order valence-corrected chi connectivity index (χ2v) is 6.52. The number of aryl methyl sites for hydroxylation is 1. The van der Waals surface area contributed by atoms with E-state index in [2.05, 4.69) is 36.5 Å². The molecule has 2 unspecified atom stereocenters. The highest BCUT2D eigenvalue weighted by Gasteiger charge is 2.38. The third-order valence-electron chi connectivity index (χ3n) is 4.99. The quantitative estimate of drug-likeness (QED) is 0.912. The minimum atomic E-state index is -0.192. The SMILES string of the molecule is CCc1ccc(C2CNCCN2C(=O)C2CC(=O)N(C)C2)cc1. The number of nitrogens with zero attached hydrogens (tertiary/aromatic N) is 2. The maximum absolute atomic E-state index is 12.9. The van der Waals surface area contributed by atoms with Crippen LogP contribution in [0, 0.1) is 5.92 Å². The fourth-order valence-corrected chi connectivity index (χ4v) is 3.50. The summed E-state index contributed by atoms with van der Waals surface area (Å²) >= 11 is 0. The minimum absolute atomic E-state index is 0.0585. The van der Waals surface area contributed by atoms with Crippen LogP contribution in [0.2, 0.25) is 0 Å². The van der Waals surface area contributed by atoms with Gasteiger partial charge in [-0.15, -0.1) is 0 Å². The van der Waals surface area contributed by atoms with Gasteiger partial charge in [0.05, 0.1) is 12.0 Å². The molecule has 0 spiro atoms. The van der Waals surface area contributed by atoms with Gasteiger partial charge < -0.3 is 15.1 Å². The van der Waals surface area contributed by atoms with Gasteiger partial charge in [-0.1, -0.05) is 31.2 Å². The van der Waals surface area contributed by atoms with Gasteiger partial charge in [0, 0.05) is 39.6 Å². The van der Waals surface area contributed by atoms with Gasteiger partial charge in [0.15, 0.2) is 0 Å². The molecule has 23 heavy (non-hydrogen) atoms. The summed E-state index contributed by atoms with van der Waals surface area (Å²) < 4.78 is 0. The van der Waals surface area contributed by atoms with Gasteiger partial charge in [0.25, 0.3) is 0 Å².